The summed E-state index contributed by atoms with van der Waals surface area (Å²) in [7, 11) is 0. The smallest absolute Gasteiger partial charge is 0.259 e. The van der Waals surface area contributed by atoms with Crippen LogP contribution in [0.5, 0.6) is 0 Å². The van der Waals surface area contributed by atoms with Gasteiger partial charge < -0.3 is 5.32 Å². The summed E-state index contributed by atoms with van der Waals surface area (Å²) < 4.78 is 15.5. The molecule has 1 amide bonds. The van der Waals surface area contributed by atoms with Crippen molar-refractivity contribution in [1.82, 2.24) is 9.78 Å². The van der Waals surface area contributed by atoms with Crippen molar-refractivity contribution in [2.45, 2.75) is 11.8 Å². The van der Waals surface area contributed by atoms with Crippen LogP contribution in [0.1, 0.15) is 16.1 Å². The number of thioether (sulfide) groups is 1. The molecule has 0 aliphatic heterocycles. The Labute approximate surface area is 143 Å². The first-order valence-corrected chi connectivity index (χ1v) is 8.57. The molecule has 0 aliphatic rings. The van der Waals surface area contributed by atoms with Gasteiger partial charge in [-0.1, -0.05) is 18.2 Å². The molecule has 0 atom stereocenters. The molecule has 1 heterocycles. The summed E-state index contributed by atoms with van der Waals surface area (Å²) in [6, 6.07) is 14.2. The van der Waals surface area contributed by atoms with Crippen LogP contribution in [0.3, 0.4) is 0 Å². The quantitative estimate of drug-likeness (QED) is 0.720. The van der Waals surface area contributed by atoms with E-state index in [2.05, 4.69) is 10.4 Å². The van der Waals surface area contributed by atoms with Gasteiger partial charge in [0.15, 0.2) is 0 Å². The lowest BCUT2D eigenvalue weighted by Gasteiger charge is -2.06. The molecular weight excluding hydrogens is 325 g/mol. The fraction of sp³-hybridized carbons (Fsp3) is 0.111. The molecule has 0 fully saturated rings. The van der Waals surface area contributed by atoms with E-state index in [9.17, 15) is 9.18 Å². The third-order valence-electron chi connectivity index (χ3n) is 3.57. The second-order valence-corrected chi connectivity index (χ2v) is 6.06. The summed E-state index contributed by atoms with van der Waals surface area (Å²) in [5.41, 5.74) is 2.35. The Morgan fingerprint density at radius 3 is 2.62 bits per heavy atom. The van der Waals surface area contributed by atoms with Gasteiger partial charge in [-0.2, -0.15) is 5.10 Å². The molecule has 0 unspecified atom stereocenters. The minimum absolute atomic E-state index is 0.314. The van der Waals surface area contributed by atoms with Crippen molar-refractivity contribution in [3.05, 3.63) is 71.8 Å². The minimum Gasteiger partial charge on any atom is -0.322 e. The van der Waals surface area contributed by atoms with Gasteiger partial charge in [-0.05, 0) is 43.5 Å². The van der Waals surface area contributed by atoms with E-state index in [0.717, 1.165) is 5.69 Å². The van der Waals surface area contributed by atoms with Crippen LogP contribution in [0.4, 0.5) is 10.1 Å². The number of benzene rings is 2. The number of para-hydroxylation sites is 1. The summed E-state index contributed by atoms with van der Waals surface area (Å²) in [5, 5.41) is 7.08. The lowest BCUT2D eigenvalue weighted by atomic mass is 10.2. The fourth-order valence-electron chi connectivity index (χ4n) is 2.34. The number of amides is 1. The molecule has 0 spiro atoms. The van der Waals surface area contributed by atoms with Crippen molar-refractivity contribution < 1.29 is 9.18 Å². The second kappa shape index (κ2) is 6.88. The molecule has 0 radical (unpaired) electrons. The maximum absolute atomic E-state index is 13.8. The van der Waals surface area contributed by atoms with Gasteiger partial charge in [0.1, 0.15) is 5.82 Å². The molecule has 1 aromatic heterocycles. The first kappa shape index (κ1) is 16.3. The van der Waals surface area contributed by atoms with Gasteiger partial charge in [0.2, 0.25) is 0 Å². The van der Waals surface area contributed by atoms with Crippen LogP contribution in [0, 0.1) is 12.7 Å². The maximum atomic E-state index is 13.8. The summed E-state index contributed by atoms with van der Waals surface area (Å²) in [4.78, 5) is 13.0. The standard InChI is InChI=1S/C18H16FN3OS/c1-12-15(11-22(21-12)14-6-4-3-5-7-14)18(23)20-13-8-9-17(24-2)16(19)10-13/h3-11H,1-2H3,(H,20,23). The van der Waals surface area contributed by atoms with Crippen molar-refractivity contribution >= 4 is 23.4 Å². The summed E-state index contributed by atoms with van der Waals surface area (Å²) in [6.45, 7) is 1.77. The number of nitrogens with zero attached hydrogens (tertiary/aromatic N) is 2. The molecule has 2 aromatic carbocycles. The average molecular weight is 341 g/mol. The SMILES string of the molecule is CSc1ccc(NC(=O)c2cn(-c3ccccc3)nc2C)cc1F. The number of halogens is 1. The number of nitrogens with one attached hydrogen (secondary N) is 1. The fourth-order valence-corrected chi connectivity index (χ4v) is 2.80. The topological polar surface area (TPSA) is 46.9 Å². The predicted octanol–water partition coefficient (Wildman–Crippen LogP) is 4.29. The monoisotopic (exact) mass is 341 g/mol. The van der Waals surface area contributed by atoms with Gasteiger partial charge in [-0.25, -0.2) is 9.07 Å². The largest absolute Gasteiger partial charge is 0.322 e. The third-order valence-corrected chi connectivity index (χ3v) is 4.34. The van der Waals surface area contributed by atoms with Crippen LogP contribution >= 0.6 is 11.8 Å². The average Bonchev–Trinajstić information content (AvgIpc) is 2.98. The molecule has 4 nitrogen and oxygen atoms in total. The van der Waals surface area contributed by atoms with E-state index in [0.29, 0.717) is 21.8 Å². The molecule has 0 saturated carbocycles. The Hall–Kier alpha value is -2.60. The number of aryl methyl sites for hydroxylation is 1. The Kier molecular flexibility index (Phi) is 4.66. The highest BCUT2D eigenvalue weighted by Gasteiger charge is 2.15. The van der Waals surface area contributed by atoms with Crippen LogP contribution in [-0.4, -0.2) is 21.9 Å². The number of aromatic nitrogens is 2. The zero-order chi connectivity index (χ0) is 17.1. The first-order valence-electron chi connectivity index (χ1n) is 7.35. The maximum Gasteiger partial charge on any atom is 0.259 e. The van der Waals surface area contributed by atoms with E-state index in [1.165, 1.54) is 17.8 Å². The molecule has 3 aromatic rings. The number of hydrogen-bond acceptors (Lipinski definition) is 3. The highest BCUT2D eigenvalue weighted by atomic mass is 32.2. The number of carbonyl (C=O) groups excluding carboxylic acids is 1. The van der Waals surface area contributed by atoms with Crippen molar-refractivity contribution in [3.8, 4) is 5.69 Å². The van der Waals surface area contributed by atoms with Crippen LogP contribution in [-0.2, 0) is 0 Å². The van der Waals surface area contributed by atoms with E-state index < -0.39 is 0 Å². The third kappa shape index (κ3) is 3.33. The Morgan fingerprint density at radius 2 is 1.96 bits per heavy atom. The Balaban J connectivity index is 1.83. The lowest BCUT2D eigenvalue weighted by molar-refractivity contribution is 0.102. The van der Waals surface area contributed by atoms with Gasteiger partial charge >= 0.3 is 0 Å². The van der Waals surface area contributed by atoms with E-state index in [1.54, 1.807) is 36.2 Å². The Morgan fingerprint density at radius 1 is 1.21 bits per heavy atom. The first-order chi connectivity index (χ1) is 11.6. The summed E-state index contributed by atoms with van der Waals surface area (Å²) in [5.74, 6) is -0.664. The van der Waals surface area contributed by atoms with Crippen LogP contribution in [0.15, 0.2) is 59.6 Å². The van der Waals surface area contributed by atoms with Crippen molar-refractivity contribution in [3.63, 3.8) is 0 Å². The van der Waals surface area contributed by atoms with Gasteiger partial charge in [-0.15, -0.1) is 11.8 Å². The summed E-state index contributed by atoms with van der Waals surface area (Å²) >= 11 is 1.32. The highest BCUT2D eigenvalue weighted by Crippen LogP contribution is 2.23. The van der Waals surface area contributed by atoms with E-state index in [4.69, 9.17) is 0 Å². The second-order valence-electron chi connectivity index (χ2n) is 5.21. The van der Waals surface area contributed by atoms with Gasteiger partial charge in [0, 0.05) is 16.8 Å². The zero-order valence-corrected chi connectivity index (χ0v) is 14.1. The van der Waals surface area contributed by atoms with E-state index in [1.807, 2.05) is 30.3 Å². The molecule has 122 valence electrons. The molecule has 0 saturated heterocycles. The zero-order valence-electron chi connectivity index (χ0n) is 13.3. The number of rotatable bonds is 4. The number of hydrogen-bond donors (Lipinski definition) is 1. The molecule has 0 aliphatic carbocycles. The molecule has 6 heteroatoms. The van der Waals surface area contributed by atoms with Gasteiger partial charge in [0.05, 0.1) is 16.9 Å². The molecule has 3 rings (SSSR count). The number of anilines is 1. The van der Waals surface area contributed by atoms with Crippen LogP contribution in [0.25, 0.3) is 5.69 Å². The molecule has 1 N–H and O–H groups in total. The van der Waals surface area contributed by atoms with Crippen molar-refractivity contribution in [2.75, 3.05) is 11.6 Å². The highest BCUT2D eigenvalue weighted by molar-refractivity contribution is 7.98. The van der Waals surface area contributed by atoms with E-state index in [-0.39, 0.29) is 11.7 Å². The van der Waals surface area contributed by atoms with Crippen molar-refractivity contribution in [2.24, 2.45) is 0 Å². The van der Waals surface area contributed by atoms with Crippen molar-refractivity contribution in [1.29, 1.82) is 0 Å². The van der Waals surface area contributed by atoms with Crippen LogP contribution < -0.4 is 5.32 Å². The molecule has 0 bridgehead atoms. The molecular formula is C18H16FN3OS. The minimum atomic E-state index is -0.350. The van der Waals surface area contributed by atoms with E-state index >= 15 is 0 Å². The Bertz CT molecular complexity index is 877. The molecule has 24 heavy (non-hydrogen) atoms. The van der Waals surface area contributed by atoms with Gasteiger partial charge in [-0.3, -0.25) is 4.79 Å². The normalized spacial score (nSPS) is 10.6. The van der Waals surface area contributed by atoms with Gasteiger partial charge in [0.25, 0.3) is 5.91 Å². The predicted molar refractivity (Wildman–Crippen MR) is 94.4 cm³/mol. The lowest BCUT2D eigenvalue weighted by Crippen LogP contribution is -2.12. The summed E-state index contributed by atoms with van der Waals surface area (Å²) in [6.07, 6.45) is 3.48. The number of carbonyl (C=O) groups is 1. The van der Waals surface area contributed by atoms with Crippen LogP contribution in [0.2, 0.25) is 0 Å².